The molecule has 1 amide bonds. The van der Waals surface area contributed by atoms with Crippen LogP contribution in [0.3, 0.4) is 0 Å². The SMILES string of the molecule is CCCCOC(=O)NCC(OC(C)=O)C(=O)O. The van der Waals surface area contributed by atoms with Gasteiger partial charge in [-0.25, -0.2) is 9.59 Å². The van der Waals surface area contributed by atoms with E-state index < -0.39 is 24.1 Å². The molecule has 7 heteroatoms. The van der Waals surface area contributed by atoms with Gasteiger partial charge >= 0.3 is 18.0 Å². The molecule has 0 bridgehead atoms. The van der Waals surface area contributed by atoms with Crippen molar-refractivity contribution in [3.05, 3.63) is 0 Å². The molecule has 0 spiro atoms. The highest BCUT2D eigenvalue weighted by atomic mass is 16.6. The van der Waals surface area contributed by atoms with E-state index in [2.05, 4.69) is 10.1 Å². The van der Waals surface area contributed by atoms with Gasteiger partial charge in [-0.15, -0.1) is 0 Å². The van der Waals surface area contributed by atoms with Crippen molar-refractivity contribution in [3.63, 3.8) is 0 Å². The zero-order valence-electron chi connectivity index (χ0n) is 9.89. The van der Waals surface area contributed by atoms with E-state index in [0.29, 0.717) is 0 Å². The van der Waals surface area contributed by atoms with Crippen LogP contribution in [0.15, 0.2) is 0 Å². The van der Waals surface area contributed by atoms with Crippen molar-refractivity contribution >= 4 is 18.0 Å². The summed E-state index contributed by atoms with van der Waals surface area (Å²) in [5.41, 5.74) is 0. The van der Waals surface area contributed by atoms with Crippen molar-refractivity contribution in [3.8, 4) is 0 Å². The molecule has 7 nitrogen and oxygen atoms in total. The molecule has 0 radical (unpaired) electrons. The highest BCUT2D eigenvalue weighted by Gasteiger charge is 2.21. The van der Waals surface area contributed by atoms with Crippen molar-refractivity contribution in [1.82, 2.24) is 5.32 Å². The van der Waals surface area contributed by atoms with Gasteiger partial charge in [0.05, 0.1) is 13.2 Å². The van der Waals surface area contributed by atoms with Gasteiger partial charge in [-0.3, -0.25) is 4.79 Å². The van der Waals surface area contributed by atoms with Crippen molar-refractivity contribution in [2.45, 2.75) is 32.8 Å². The van der Waals surface area contributed by atoms with Gasteiger partial charge in [0.25, 0.3) is 0 Å². The van der Waals surface area contributed by atoms with Crippen LogP contribution in [0.1, 0.15) is 26.7 Å². The average molecular weight is 247 g/mol. The largest absolute Gasteiger partial charge is 0.478 e. The lowest BCUT2D eigenvalue weighted by atomic mass is 10.3. The fourth-order valence-corrected chi connectivity index (χ4v) is 0.916. The number of carboxylic acid groups (broad SMARTS) is 1. The van der Waals surface area contributed by atoms with Crippen LogP contribution in [-0.4, -0.2) is 42.4 Å². The number of alkyl carbamates (subject to hydrolysis) is 1. The van der Waals surface area contributed by atoms with E-state index in [4.69, 9.17) is 9.84 Å². The molecule has 2 N–H and O–H groups in total. The van der Waals surface area contributed by atoms with Crippen LogP contribution in [0.25, 0.3) is 0 Å². The molecule has 0 aromatic heterocycles. The van der Waals surface area contributed by atoms with E-state index >= 15 is 0 Å². The molecule has 1 atom stereocenters. The molecule has 0 rings (SSSR count). The zero-order valence-corrected chi connectivity index (χ0v) is 9.89. The molecular weight excluding hydrogens is 230 g/mol. The number of rotatable bonds is 7. The summed E-state index contributed by atoms with van der Waals surface area (Å²) in [7, 11) is 0. The summed E-state index contributed by atoms with van der Waals surface area (Å²) in [5.74, 6) is -2.05. The Morgan fingerprint density at radius 2 is 2.00 bits per heavy atom. The van der Waals surface area contributed by atoms with E-state index in [9.17, 15) is 14.4 Å². The second-order valence-corrected chi connectivity index (χ2v) is 3.31. The minimum atomic E-state index is -1.40. The Morgan fingerprint density at radius 1 is 1.35 bits per heavy atom. The number of carboxylic acids is 1. The first-order valence-corrected chi connectivity index (χ1v) is 5.28. The summed E-state index contributed by atoms with van der Waals surface area (Å²) in [5, 5.41) is 10.9. The summed E-state index contributed by atoms with van der Waals surface area (Å²) >= 11 is 0. The first-order valence-electron chi connectivity index (χ1n) is 5.28. The lowest BCUT2D eigenvalue weighted by Gasteiger charge is -2.13. The molecule has 0 heterocycles. The number of carbonyl (C=O) groups excluding carboxylic acids is 2. The molecule has 0 aromatic carbocycles. The van der Waals surface area contributed by atoms with E-state index in [1.54, 1.807) is 0 Å². The Hall–Kier alpha value is -1.79. The van der Waals surface area contributed by atoms with Gasteiger partial charge < -0.3 is 19.9 Å². The molecule has 17 heavy (non-hydrogen) atoms. The second kappa shape index (κ2) is 8.37. The quantitative estimate of drug-likeness (QED) is 0.502. The summed E-state index contributed by atoms with van der Waals surface area (Å²) in [6, 6.07) is 0. The first kappa shape index (κ1) is 15.2. The number of ether oxygens (including phenoxy) is 2. The number of amides is 1. The molecule has 0 aliphatic carbocycles. The molecular formula is C10H17NO6. The van der Waals surface area contributed by atoms with Gasteiger partial charge in [0.15, 0.2) is 0 Å². The van der Waals surface area contributed by atoms with E-state index in [-0.39, 0.29) is 13.2 Å². The standard InChI is InChI=1S/C10H17NO6/c1-3-4-5-16-10(15)11-6-8(9(13)14)17-7(2)12/h8H,3-6H2,1-2H3,(H,11,15)(H,13,14). The van der Waals surface area contributed by atoms with E-state index in [1.807, 2.05) is 6.92 Å². The van der Waals surface area contributed by atoms with Gasteiger partial charge in [-0.2, -0.15) is 0 Å². The summed E-state index contributed by atoms with van der Waals surface area (Å²) < 4.78 is 9.21. The van der Waals surface area contributed by atoms with Gasteiger partial charge in [-0.05, 0) is 6.42 Å². The minimum absolute atomic E-state index is 0.271. The van der Waals surface area contributed by atoms with E-state index in [0.717, 1.165) is 19.8 Å². The third-order valence-electron chi connectivity index (χ3n) is 1.75. The zero-order chi connectivity index (χ0) is 13.3. The Balaban J connectivity index is 3.91. The number of nitrogens with one attached hydrogen (secondary N) is 1. The molecule has 0 aliphatic heterocycles. The number of hydrogen-bond donors (Lipinski definition) is 2. The van der Waals surface area contributed by atoms with Gasteiger partial charge in [0.2, 0.25) is 6.10 Å². The normalized spacial score (nSPS) is 11.4. The Kier molecular flexibility index (Phi) is 7.49. The van der Waals surface area contributed by atoms with Crippen LogP contribution in [0.2, 0.25) is 0 Å². The van der Waals surface area contributed by atoms with Gasteiger partial charge in [-0.1, -0.05) is 13.3 Å². The minimum Gasteiger partial charge on any atom is -0.478 e. The maximum Gasteiger partial charge on any atom is 0.407 e. The molecule has 0 saturated heterocycles. The van der Waals surface area contributed by atoms with Crippen LogP contribution < -0.4 is 5.32 Å². The number of hydrogen-bond acceptors (Lipinski definition) is 5. The first-order chi connectivity index (χ1) is 7.97. The Labute approximate surface area is 99.1 Å². The topological polar surface area (TPSA) is 102 Å². The van der Waals surface area contributed by atoms with E-state index in [1.165, 1.54) is 0 Å². The maximum atomic E-state index is 11.1. The van der Waals surface area contributed by atoms with Crippen molar-refractivity contribution in [1.29, 1.82) is 0 Å². The van der Waals surface area contributed by atoms with Gasteiger partial charge in [0, 0.05) is 6.92 Å². The van der Waals surface area contributed by atoms with Crippen molar-refractivity contribution < 1.29 is 29.0 Å². The molecule has 98 valence electrons. The monoisotopic (exact) mass is 247 g/mol. The molecule has 0 saturated carbocycles. The lowest BCUT2D eigenvalue weighted by Crippen LogP contribution is -2.39. The third-order valence-corrected chi connectivity index (χ3v) is 1.75. The summed E-state index contributed by atoms with van der Waals surface area (Å²) in [6.07, 6.45) is -0.499. The van der Waals surface area contributed by atoms with Crippen LogP contribution >= 0.6 is 0 Å². The van der Waals surface area contributed by atoms with Crippen LogP contribution in [0.4, 0.5) is 4.79 Å². The van der Waals surface area contributed by atoms with Crippen LogP contribution in [-0.2, 0) is 19.1 Å². The summed E-state index contributed by atoms with van der Waals surface area (Å²) in [4.78, 5) is 32.3. The predicted octanol–water partition coefficient (Wildman–Crippen LogP) is 0.529. The number of aliphatic carboxylic acids is 1. The maximum absolute atomic E-state index is 11.1. The smallest absolute Gasteiger partial charge is 0.407 e. The molecule has 0 aromatic rings. The van der Waals surface area contributed by atoms with Crippen LogP contribution in [0.5, 0.6) is 0 Å². The Bertz CT molecular complexity index is 278. The van der Waals surface area contributed by atoms with Crippen molar-refractivity contribution in [2.24, 2.45) is 0 Å². The predicted molar refractivity (Wildman–Crippen MR) is 57.4 cm³/mol. The van der Waals surface area contributed by atoms with Gasteiger partial charge in [0.1, 0.15) is 0 Å². The van der Waals surface area contributed by atoms with Crippen LogP contribution in [0, 0.1) is 0 Å². The fraction of sp³-hybridized carbons (Fsp3) is 0.700. The number of esters is 1. The molecule has 1 unspecified atom stereocenters. The molecule has 0 aliphatic rings. The highest BCUT2D eigenvalue weighted by molar-refractivity contribution is 5.78. The average Bonchev–Trinajstić information content (AvgIpc) is 2.23. The third kappa shape index (κ3) is 8.06. The number of unbranched alkanes of at least 4 members (excludes halogenated alkanes) is 1. The Morgan fingerprint density at radius 3 is 2.47 bits per heavy atom. The number of carbonyl (C=O) groups is 3. The fourth-order valence-electron chi connectivity index (χ4n) is 0.916. The highest BCUT2D eigenvalue weighted by Crippen LogP contribution is 1.93. The lowest BCUT2D eigenvalue weighted by molar-refractivity contribution is -0.162. The second-order valence-electron chi connectivity index (χ2n) is 3.31. The summed E-state index contributed by atoms with van der Waals surface area (Å²) in [6.45, 7) is 2.99. The molecule has 0 fully saturated rings. The van der Waals surface area contributed by atoms with Crippen molar-refractivity contribution in [2.75, 3.05) is 13.2 Å².